The normalized spacial score (nSPS) is 27.2. The van der Waals surface area contributed by atoms with E-state index in [1.54, 1.807) is 18.4 Å². The van der Waals surface area contributed by atoms with E-state index in [1.165, 1.54) is 4.88 Å². The molecular formula is C8H10BrNOS. The van der Waals surface area contributed by atoms with Crippen LogP contribution in [0, 0.1) is 0 Å². The van der Waals surface area contributed by atoms with Gasteiger partial charge in [-0.2, -0.15) is 0 Å². The molecular weight excluding hydrogens is 238 g/mol. The monoisotopic (exact) mass is 247 g/mol. The predicted molar refractivity (Wildman–Crippen MR) is 53.9 cm³/mol. The second-order valence-electron chi connectivity index (χ2n) is 2.99. The Kier molecular flexibility index (Phi) is 2.14. The number of rotatable bonds is 2. The lowest BCUT2D eigenvalue weighted by atomic mass is 10.3. The van der Waals surface area contributed by atoms with Crippen LogP contribution in [0.1, 0.15) is 17.2 Å². The molecule has 0 radical (unpaired) electrons. The lowest BCUT2D eigenvalue weighted by Crippen LogP contribution is -1.99. The molecule has 0 aromatic carbocycles. The van der Waals surface area contributed by atoms with Crippen molar-refractivity contribution in [2.75, 3.05) is 7.11 Å². The second-order valence-corrected chi connectivity index (χ2v) is 4.89. The first-order chi connectivity index (χ1) is 5.72. The molecule has 0 amide bonds. The van der Waals surface area contributed by atoms with Gasteiger partial charge >= 0.3 is 0 Å². The van der Waals surface area contributed by atoms with E-state index < -0.39 is 0 Å². The van der Waals surface area contributed by atoms with Crippen LogP contribution in [0.2, 0.25) is 0 Å². The first-order valence-corrected chi connectivity index (χ1v) is 5.42. The molecule has 1 aliphatic carbocycles. The fraction of sp³-hybridized carbons (Fsp3) is 0.500. The summed E-state index contributed by atoms with van der Waals surface area (Å²) in [7, 11) is 1.69. The van der Waals surface area contributed by atoms with E-state index in [9.17, 15) is 0 Å². The van der Waals surface area contributed by atoms with Gasteiger partial charge in [-0.3, -0.25) is 0 Å². The molecule has 1 aliphatic rings. The van der Waals surface area contributed by atoms with Crippen molar-refractivity contribution in [1.29, 1.82) is 0 Å². The van der Waals surface area contributed by atoms with Gasteiger partial charge in [0.15, 0.2) is 5.06 Å². The zero-order valence-electron chi connectivity index (χ0n) is 6.71. The molecule has 0 saturated heterocycles. The molecule has 1 aromatic rings. The molecule has 66 valence electrons. The van der Waals surface area contributed by atoms with E-state index in [-0.39, 0.29) is 0 Å². The quantitative estimate of drug-likeness (QED) is 0.871. The Balaban J connectivity index is 2.23. The Labute approximate surface area is 83.8 Å². The molecule has 1 aromatic heterocycles. The minimum Gasteiger partial charge on any atom is -0.486 e. The maximum absolute atomic E-state index is 5.75. The van der Waals surface area contributed by atoms with Crippen LogP contribution >= 0.6 is 27.3 Å². The summed E-state index contributed by atoms with van der Waals surface area (Å²) in [6.07, 6.45) is 1.12. The molecule has 0 aliphatic heterocycles. The highest BCUT2D eigenvalue weighted by Crippen LogP contribution is 2.47. The Bertz CT molecular complexity index is 299. The predicted octanol–water partition coefficient (Wildman–Crippen LogP) is 2.33. The summed E-state index contributed by atoms with van der Waals surface area (Å²) in [6, 6.07) is 2.49. The van der Waals surface area contributed by atoms with Gasteiger partial charge in [0.25, 0.3) is 0 Å². The van der Waals surface area contributed by atoms with E-state index in [0.717, 1.165) is 16.0 Å². The van der Waals surface area contributed by atoms with E-state index in [0.29, 0.717) is 12.0 Å². The molecule has 1 heterocycles. The minimum absolute atomic E-state index is 0.375. The van der Waals surface area contributed by atoms with Gasteiger partial charge in [0, 0.05) is 16.8 Å². The first kappa shape index (κ1) is 8.53. The Morgan fingerprint density at radius 1 is 1.75 bits per heavy atom. The van der Waals surface area contributed by atoms with Crippen LogP contribution in [0.3, 0.4) is 0 Å². The molecule has 1 fully saturated rings. The highest BCUT2D eigenvalue weighted by atomic mass is 79.9. The lowest BCUT2D eigenvalue weighted by molar-refractivity contribution is 0.425. The van der Waals surface area contributed by atoms with Gasteiger partial charge in [-0.1, -0.05) is 0 Å². The van der Waals surface area contributed by atoms with Crippen LogP contribution in [0.15, 0.2) is 10.5 Å². The summed E-state index contributed by atoms with van der Waals surface area (Å²) in [5, 5.41) is 0.948. The summed E-state index contributed by atoms with van der Waals surface area (Å²) in [5.74, 6) is 0.579. The highest BCUT2D eigenvalue weighted by Gasteiger charge is 2.36. The number of nitrogens with two attached hydrogens (primary N) is 1. The summed E-state index contributed by atoms with van der Waals surface area (Å²) in [4.78, 5) is 1.34. The second kappa shape index (κ2) is 3.01. The third-order valence-electron chi connectivity index (χ3n) is 2.07. The van der Waals surface area contributed by atoms with Crippen LogP contribution < -0.4 is 10.5 Å². The molecule has 0 spiro atoms. The average molecular weight is 248 g/mol. The molecule has 0 bridgehead atoms. The van der Waals surface area contributed by atoms with Crippen molar-refractivity contribution >= 4 is 27.3 Å². The Morgan fingerprint density at radius 3 is 2.83 bits per heavy atom. The summed E-state index contributed by atoms with van der Waals surface area (Å²) in [5.41, 5.74) is 5.75. The largest absolute Gasteiger partial charge is 0.486 e. The molecule has 4 heteroatoms. The number of thiophene rings is 1. The van der Waals surface area contributed by atoms with Crippen LogP contribution in [0.5, 0.6) is 5.06 Å². The lowest BCUT2D eigenvalue weighted by Gasteiger charge is -1.92. The third-order valence-corrected chi connectivity index (χ3v) is 4.14. The van der Waals surface area contributed by atoms with Gasteiger partial charge in [0.2, 0.25) is 0 Å². The molecule has 2 unspecified atom stereocenters. The van der Waals surface area contributed by atoms with Gasteiger partial charge < -0.3 is 10.5 Å². The molecule has 12 heavy (non-hydrogen) atoms. The number of halogens is 1. The number of hydrogen-bond donors (Lipinski definition) is 1. The van der Waals surface area contributed by atoms with Crippen molar-refractivity contribution in [1.82, 2.24) is 0 Å². The maximum Gasteiger partial charge on any atom is 0.188 e. The fourth-order valence-electron chi connectivity index (χ4n) is 1.23. The number of ether oxygens (including phenoxy) is 1. The Hall–Kier alpha value is -0.0600. The van der Waals surface area contributed by atoms with Crippen molar-refractivity contribution in [3.05, 3.63) is 15.4 Å². The summed E-state index contributed by atoms with van der Waals surface area (Å²) < 4.78 is 6.22. The van der Waals surface area contributed by atoms with Crippen LogP contribution in [0.25, 0.3) is 0 Å². The topological polar surface area (TPSA) is 35.2 Å². The maximum atomic E-state index is 5.75. The van der Waals surface area contributed by atoms with Crippen molar-refractivity contribution in [3.63, 3.8) is 0 Å². The molecule has 2 atom stereocenters. The average Bonchev–Trinajstić information content (AvgIpc) is 2.63. The molecule has 1 saturated carbocycles. The Morgan fingerprint density at radius 2 is 2.42 bits per heavy atom. The molecule has 2 nitrogen and oxygen atoms in total. The number of methoxy groups -OCH3 is 1. The van der Waals surface area contributed by atoms with Crippen molar-refractivity contribution in [2.24, 2.45) is 5.73 Å². The summed E-state index contributed by atoms with van der Waals surface area (Å²) in [6.45, 7) is 0. The smallest absolute Gasteiger partial charge is 0.188 e. The zero-order valence-corrected chi connectivity index (χ0v) is 9.11. The van der Waals surface area contributed by atoms with Crippen LogP contribution in [-0.4, -0.2) is 13.2 Å². The van der Waals surface area contributed by atoms with E-state index >= 15 is 0 Å². The van der Waals surface area contributed by atoms with Gasteiger partial charge in [0.05, 0.1) is 11.6 Å². The van der Waals surface area contributed by atoms with Crippen molar-refractivity contribution in [2.45, 2.75) is 18.4 Å². The van der Waals surface area contributed by atoms with Gasteiger partial charge in [0.1, 0.15) is 0 Å². The van der Waals surface area contributed by atoms with E-state index in [2.05, 4.69) is 22.0 Å². The van der Waals surface area contributed by atoms with Crippen LogP contribution in [0.4, 0.5) is 0 Å². The molecule has 2 N–H and O–H groups in total. The summed E-state index contributed by atoms with van der Waals surface area (Å²) >= 11 is 5.12. The first-order valence-electron chi connectivity index (χ1n) is 3.81. The number of hydrogen-bond acceptors (Lipinski definition) is 3. The zero-order chi connectivity index (χ0) is 8.72. The van der Waals surface area contributed by atoms with Gasteiger partial charge in [-0.05, 0) is 28.4 Å². The standard InChI is InChI=1S/C8H10BrNOS/c1-11-8-5(9)3-7(12-8)4-2-6(4)10/h3-4,6H,2,10H2,1H3. The van der Waals surface area contributed by atoms with E-state index in [4.69, 9.17) is 10.5 Å². The fourth-order valence-corrected chi connectivity index (χ4v) is 3.09. The molecule has 2 rings (SSSR count). The minimum atomic E-state index is 0.375. The van der Waals surface area contributed by atoms with E-state index in [1.807, 2.05) is 0 Å². The van der Waals surface area contributed by atoms with Gasteiger partial charge in [-0.15, -0.1) is 11.3 Å². The SMILES string of the molecule is COc1sc(C2CC2N)cc1Br. The van der Waals surface area contributed by atoms with Gasteiger partial charge in [-0.25, -0.2) is 0 Å². The van der Waals surface area contributed by atoms with Crippen molar-refractivity contribution in [3.8, 4) is 5.06 Å². The third kappa shape index (κ3) is 1.39. The van der Waals surface area contributed by atoms with Crippen LogP contribution in [-0.2, 0) is 0 Å². The van der Waals surface area contributed by atoms with Crippen molar-refractivity contribution < 1.29 is 4.74 Å². The highest BCUT2D eigenvalue weighted by molar-refractivity contribution is 9.10.